The Hall–Kier alpha value is -2.50. The van der Waals surface area contributed by atoms with Gasteiger partial charge in [-0.1, -0.05) is 12.1 Å². The minimum atomic E-state index is -0.517. The summed E-state index contributed by atoms with van der Waals surface area (Å²) in [5, 5.41) is 2.88. The lowest BCUT2D eigenvalue weighted by molar-refractivity contribution is -0.143. The van der Waals surface area contributed by atoms with Gasteiger partial charge >= 0.3 is 12.0 Å². The van der Waals surface area contributed by atoms with E-state index in [9.17, 15) is 9.59 Å². The van der Waals surface area contributed by atoms with Crippen molar-refractivity contribution in [1.82, 2.24) is 10.2 Å². The fourth-order valence-electron chi connectivity index (χ4n) is 2.59. The van der Waals surface area contributed by atoms with Crippen LogP contribution in [0.15, 0.2) is 35.5 Å². The Bertz CT molecular complexity index is 663. The standard InChI is InChI=1S/C18H25N3O3/c1-11(2)24-17(22)15-12(3)21(6)18(23)19-16(15)13-7-9-14(10-8-13)20(4)5/h7-11,16H,1-6H3,(H,19,23). The second kappa shape index (κ2) is 6.95. The van der Waals surface area contributed by atoms with E-state index in [4.69, 9.17) is 4.74 Å². The van der Waals surface area contributed by atoms with Gasteiger partial charge in [0.05, 0.1) is 17.7 Å². The number of carbonyl (C=O) groups is 2. The first-order valence-electron chi connectivity index (χ1n) is 7.95. The Balaban J connectivity index is 2.44. The molecule has 0 spiro atoms. The quantitative estimate of drug-likeness (QED) is 0.862. The summed E-state index contributed by atoms with van der Waals surface area (Å²) >= 11 is 0. The number of carbonyl (C=O) groups excluding carboxylic acids is 2. The molecule has 0 bridgehead atoms. The van der Waals surface area contributed by atoms with Gasteiger partial charge in [-0.3, -0.25) is 0 Å². The average Bonchev–Trinajstić information content (AvgIpc) is 2.51. The molecule has 1 atom stereocenters. The molecule has 2 amide bonds. The molecule has 0 aromatic heterocycles. The van der Waals surface area contributed by atoms with Gasteiger partial charge in [0.25, 0.3) is 0 Å². The largest absolute Gasteiger partial charge is 0.459 e. The van der Waals surface area contributed by atoms with Gasteiger partial charge < -0.3 is 19.9 Å². The van der Waals surface area contributed by atoms with E-state index in [0.29, 0.717) is 11.3 Å². The van der Waals surface area contributed by atoms with E-state index in [-0.39, 0.29) is 12.1 Å². The number of rotatable bonds is 4. The van der Waals surface area contributed by atoms with Gasteiger partial charge in [-0.25, -0.2) is 9.59 Å². The lowest BCUT2D eigenvalue weighted by Gasteiger charge is -2.33. The highest BCUT2D eigenvalue weighted by molar-refractivity contribution is 5.95. The van der Waals surface area contributed by atoms with Gasteiger partial charge in [-0.15, -0.1) is 0 Å². The molecule has 1 N–H and O–H groups in total. The number of hydrogen-bond acceptors (Lipinski definition) is 4. The van der Waals surface area contributed by atoms with Crippen molar-refractivity contribution in [2.75, 3.05) is 26.0 Å². The Morgan fingerprint density at radius 3 is 2.33 bits per heavy atom. The first-order valence-corrected chi connectivity index (χ1v) is 7.95. The Morgan fingerprint density at radius 1 is 1.25 bits per heavy atom. The SMILES string of the molecule is CC1=C(C(=O)OC(C)C)C(c2ccc(N(C)C)cc2)NC(=O)N1C. The molecule has 1 aliphatic heterocycles. The van der Waals surface area contributed by atoms with Crippen molar-refractivity contribution in [1.29, 1.82) is 0 Å². The van der Waals surface area contributed by atoms with Gasteiger partial charge in [-0.05, 0) is 38.5 Å². The number of esters is 1. The monoisotopic (exact) mass is 331 g/mol. The lowest BCUT2D eigenvalue weighted by Crippen LogP contribution is -2.46. The third-order valence-corrected chi connectivity index (χ3v) is 4.06. The summed E-state index contributed by atoms with van der Waals surface area (Å²) in [6.07, 6.45) is -0.225. The summed E-state index contributed by atoms with van der Waals surface area (Å²) in [5.41, 5.74) is 2.96. The number of ether oxygens (including phenoxy) is 1. The molecular weight excluding hydrogens is 306 g/mol. The van der Waals surface area contributed by atoms with Crippen LogP contribution in [0.3, 0.4) is 0 Å². The maximum absolute atomic E-state index is 12.6. The van der Waals surface area contributed by atoms with Crippen molar-refractivity contribution in [2.45, 2.75) is 32.9 Å². The molecule has 2 rings (SSSR count). The van der Waals surface area contributed by atoms with Gasteiger partial charge in [0.1, 0.15) is 0 Å². The normalized spacial score (nSPS) is 17.9. The molecule has 1 aromatic rings. The van der Waals surface area contributed by atoms with Gasteiger partial charge in [0.2, 0.25) is 0 Å². The third-order valence-electron chi connectivity index (χ3n) is 4.06. The molecular formula is C18H25N3O3. The summed E-state index contributed by atoms with van der Waals surface area (Å²) in [7, 11) is 5.56. The minimum absolute atomic E-state index is 0.225. The van der Waals surface area contributed by atoms with Crippen molar-refractivity contribution in [3.63, 3.8) is 0 Å². The van der Waals surface area contributed by atoms with Crippen molar-refractivity contribution >= 4 is 17.7 Å². The zero-order valence-electron chi connectivity index (χ0n) is 15.1. The summed E-state index contributed by atoms with van der Waals surface area (Å²) < 4.78 is 5.37. The maximum atomic E-state index is 12.6. The number of urea groups is 1. The molecule has 24 heavy (non-hydrogen) atoms. The zero-order chi connectivity index (χ0) is 18.0. The highest BCUT2D eigenvalue weighted by atomic mass is 16.5. The van der Waals surface area contributed by atoms with Crippen LogP contribution < -0.4 is 10.2 Å². The lowest BCUT2D eigenvalue weighted by atomic mass is 9.95. The van der Waals surface area contributed by atoms with Crippen molar-refractivity contribution < 1.29 is 14.3 Å². The molecule has 0 radical (unpaired) electrons. The second-order valence-electron chi connectivity index (χ2n) is 6.38. The number of nitrogens with one attached hydrogen (secondary N) is 1. The van der Waals surface area contributed by atoms with E-state index in [1.165, 1.54) is 4.90 Å². The molecule has 6 heteroatoms. The Kier molecular flexibility index (Phi) is 5.17. The number of anilines is 1. The number of benzene rings is 1. The molecule has 0 saturated heterocycles. The predicted molar refractivity (Wildman–Crippen MR) is 93.7 cm³/mol. The van der Waals surface area contributed by atoms with E-state index in [2.05, 4.69) is 5.32 Å². The predicted octanol–water partition coefficient (Wildman–Crippen LogP) is 2.67. The molecule has 1 aromatic carbocycles. The van der Waals surface area contributed by atoms with Crippen LogP contribution in [0.5, 0.6) is 0 Å². The van der Waals surface area contributed by atoms with Crippen LogP contribution in [0.4, 0.5) is 10.5 Å². The first kappa shape index (κ1) is 17.8. The molecule has 6 nitrogen and oxygen atoms in total. The molecule has 1 unspecified atom stereocenters. The van der Waals surface area contributed by atoms with Crippen LogP contribution >= 0.6 is 0 Å². The minimum Gasteiger partial charge on any atom is -0.459 e. The van der Waals surface area contributed by atoms with Crippen LogP contribution in [0, 0.1) is 0 Å². The molecule has 0 aliphatic carbocycles. The topological polar surface area (TPSA) is 61.9 Å². The van der Waals surface area contributed by atoms with E-state index < -0.39 is 12.0 Å². The zero-order valence-corrected chi connectivity index (χ0v) is 15.1. The van der Waals surface area contributed by atoms with Crippen LogP contribution in [-0.4, -0.2) is 44.1 Å². The van der Waals surface area contributed by atoms with E-state index in [1.54, 1.807) is 27.8 Å². The molecule has 0 saturated carbocycles. The Morgan fingerprint density at radius 2 is 1.83 bits per heavy atom. The van der Waals surface area contributed by atoms with E-state index in [0.717, 1.165) is 11.3 Å². The molecule has 1 aliphatic rings. The van der Waals surface area contributed by atoms with Crippen LogP contribution in [0.25, 0.3) is 0 Å². The summed E-state index contributed by atoms with van der Waals surface area (Å²) in [6, 6.07) is 7.00. The molecule has 130 valence electrons. The fraction of sp³-hybridized carbons (Fsp3) is 0.444. The molecule has 1 heterocycles. The van der Waals surface area contributed by atoms with Gasteiger partial charge in [0, 0.05) is 32.5 Å². The van der Waals surface area contributed by atoms with Gasteiger partial charge in [-0.2, -0.15) is 0 Å². The highest BCUT2D eigenvalue weighted by Gasteiger charge is 2.35. The average molecular weight is 331 g/mol. The van der Waals surface area contributed by atoms with E-state index >= 15 is 0 Å². The Labute approximate surface area is 143 Å². The number of allylic oxidation sites excluding steroid dienone is 1. The molecule has 0 fully saturated rings. The maximum Gasteiger partial charge on any atom is 0.338 e. The third kappa shape index (κ3) is 3.53. The number of amides is 2. The van der Waals surface area contributed by atoms with E-state index in [1.807, 2.05) is 43.3 Å². The van der Waals surface area contributed by atoms with Crippen LogP contribution in [-0.2, 0) is 9.53 Å². The van der Waals surface area contributed by atoms with Crippen molar-refractivity contribution in [2.24, 2.45) is 0 Å². The van der Waals surface area contributed by atoms with Crippen LogP contribution in [0.2, 0.25) is 0 Å². The van der Waals surface area contributed by atoms with Crippen molar-refractivity contribution in [3.05, 3.63) is 41.1 Å². The van der Waals surface area contributed by atoms with Gasteiger partial charge in [0.15, 0.2) is 0 Å². The summed E-state index contributed by atoms with van der Waals surface area (Å²) in [5.74, 6) is -0.406. The second-order valence-corrected chi connectivity index (χ2v) is 6.38. The first-order chi connectivity index (χ1) is 11.2. The fourth-order valence-corrected chi connectivity index (χ4v) is 2.59. The number of hydrogen-bond donors (Lipinski definition) is 1. The van der Waals surface area contributed by atoms with Crippen LogP contribution in [0.1, 0.15) is 32.4 Å². The highest BCUT2D eigenvalue weighted by Crippen LogP contribution is 2.31. The smallest absolute Gasteiger partial charge is 0.338 e. The summed E-state index contributed by atoms with van der Waals surface area (Å²) in [4.78, 5) is 28.2. The summed E-state index contributed by atoms with van der Waals surface area (Å²) in [6.45, 7) is 5.37. The number of nitrogens with zero attached hydrogens (tertiary/aromatic N) is 2. The van der Waals surface area contributed by atoms with Crippen molar-refractivity contribution in [3.8, 4) is 0 Å².